The maximum Gasteiger partial charge on any atom is 0.0834 e. The summed E-state index contributed by atoms with van der Waals surface area (Å²) in [6.45, 7) is 0. The lowest BCUT2D eigenvalue weighted by Crippen LogP contribution is -2.28. The number of hydrogen-bond donors (Lipinski definition) is 1. The molecule has 1 aromatic heterocycles. The largest absolute Gasteiger partial charge is 0.311 e. The van der Waals surface area contributed by atoms with E-state index in [9.17, 15) is 0 Å². The van der Waals surface area contributed by atoms with Gasteiger partial charge < -0.3 is 5.32 Å². The molecule has 2 unspecified atom stereocenters. The number of halogens is 1. The Labute approximate surface area is 124 Å². The van der Waals surface area contributed by atoms with Crippen molar-refractivity contribution in [2.75, 3.05) is 7.05 Å². The molecule has 0 radical (unpaired) electrons. The van der Waals surface area contributed by atoms with E-state index in [4.69, 9.17) is 11.6 Å². The van der Waals surface area contributed by atoms with Gasteiger partial charge in [0.05, 0.1) is 23.0 Å². The summed E-state index contributed by atoms with van der Waals surface area (Å²) >= 11 is 6.34. The second kappa shape index (κ2) is 5.58. The minimum atomic E-state index is 0.205. The smallest absolute Gasteiger partial charge is 0.0834 e. The summed E-state index contributed by atoms with van der Waals surface area (Å²) in [6.07, 6.45) is 5.33. The first-order chi connectivity index (χ1) is 9.72. The second-order valence-electron chi connectivity index (χ2n) is 5.47. The van der Waals surface area contributed by atoms with Crippen LogP contribution < -0.4 is 5.32 Å². The molecule has 3 nitrogen and oxygen atoms in total. The third kappa shape index (κ3) is 2.25. The number of likely N-dealkylation sites (N-methyl/N-ethyl adjacent to an activating group) is 1. The average Bonchev–Trinajstić information content (AvgIpc) is 2.81. The van der Waals surface area contributed by atoms with E-state index < -0.39 is 0 Å². The van der Waals surface area contributed by atoms with Gasteiger partial charge in [0, 0.05) is 13.0 Å². The Morgan fingerprint density at radius 3 is 2.90 bits per heavy atom. The Morgan fingerprint density at radius 2 is 2.20 bits per heavy atom. The van der Waals surface area contributed by atoms with Crippen molar-refractivity contribution in [1.82, 2.24) is 15.1 Å². The lowest BCUT2D eigenvalue weighted by atomic mass is 9.78. The highest BCUT2D eigenvalue weighted by Gasteiger charge is 2.31. The minimum Gasteiger partial charge on any atom is -0.311 e. The quantitative estimate of drug-likeness (QED) is 0.938. The molecule has 0 amide bonds. The first kappa shape index (κ1) is 13.7. The number of benzene rings is 1. The van der Waals surface area contributed by atoms with Crippen LogP contribution in [-0.2, 0) is 13.5 Å². The molecule has 2 aromatic rings. The second-order valence-corrected chi connectivity index (χ2v) is 5.87. The molecule has 1 aliphatic rings. The number of fused-ring (bicyclic) bond motifs is 1. The molecule has 1 heterocycles. The zero-order chi connectivity index (χ0) is 14.1. The zero-order valence-corrected chi connectivity index (χ0v) is 12.7. The lowest BCUT2D eigenvalue weighted by molar-refractivity contribution is 0.405. The van der Waals surface area contributed by atoms with Crippen molar-refractivity contribution < 1.29 is 0 Å². The van der Waals surface area contributed by atoms with Gasteiger partial charge >= 0.3 is 0 Å². The Hall–Kier alpha value is -1.32. The summed E-state index contributed by atoms with van der Waals surface area (Å²) in [4.78, 5) is 0. The van der Waals surface area contributed by atoms with Crippen molar-refractivity contribution in [3.8, 4) is 0 Å². The van der Waals surface area contributed by atoms with Crippen LogP contribution in [-0.4, -0.2) is 16.8 Å². The Bertz CT molecular complexity index is 586. The zero-order valence-electron chi connectivity index (χ0n) is 11.9. The van der Waals surface area contributed by atoms with Crippen LogP contribution in [0.2, 0.25) is 5.02 Å². The van der Waals surface area contributed by atoms with E-state index in [-0.39, 0.29) is 6.04 Å². The van der Waals surface area contributed by atoms with Gasteiger partial charge in [-0.3, -0.25) is 4.68 Å². The fraction of sp³-hybridized carbons (Fsp3) is 0.438. The summed E-state index contributed by atoms with van der Waals surface area (Å²) < 4.78 is 1.89. The molecule has 2 atom stereocenters. The summed E-state index contributed by atoms with van der Waals surface area (Å²) in [5.41, 5.74) is 4.01. The number of rotatable bonds is 3. The van der Waals surface area contributed by atoms with Gasteiger partial charge in [-0.05, 0) is 37.4 Å². The molecule has 3 rings (SSSR count). The van der Waals surface area contributed by atoms with Crippen LogP contribution in [0.5, 0.6) is 0 Å². The number of aromatic nitrogens is 2. The van der Waals surface area contributed by atoms with Gasteiger partial charge in [-0.1, -0.05) is 35.9 Å². The third-order valence-electron chi connectivity index (χ3n) is 4.36. The van der Waals surface area contributed by atoms with Crippen LogP contribution >= 0.6 is 11.6 Å². The highest BCUT2D eigenvalue weighted by atomic mass is 35.5. The van der Waals surface area contributed by atoms with Crippen LogP contribution in [0.1, 0.15) is 41.6 Å². The molecule has 0 aliphatic heterocycles. The van der Waals surface area contributed by atoms with Crippen molar-refractivity contribution in [1.29, 1.82) is 0 Å². The SMILES string of the molecule is CNC(c1c(Cl)cnn1C)C1CCCc2ccccc21. The van der Waals surface area contributed by atoms with Gasteiger partial charge in [-0.25, -0.2) is 0 Å². The topological polar surface area (TPSA) is 29.9 Å². The van der Waals surface area contributed by atoms with E-state index in [1.165, 1.54) is 30.4 Å². The maximum absolute atomic E-state index is 6.34. The average molecular weight is 290 g/mol. The Balaban J connectivity index is 2.03. The predicted molar refractivity (Wildman–Crippen MR) is 82.1 cm³/mol. The molecule has 106 valence electrons. The molecule has 1 aliphatic carbocycles. The first-order valence-corrected chi connectivity index (χ1v) is 7.52. The summed E-state index contributed by atoms with van der Waals surface area (Å²) in [7, 11) is 3.96. The molecule has 0 bridgehead atoms. The predicted octanol–water partition coefficient (Wildman–Crippen LogP) is 3.45. The molecule has 1 N–H and O–H groups in total. The van der Waals surface area contributed by atoms with Crippen LogP contribution in [0, 0.1) is 0 Å². The number of nitrogens with zero attached hydrogens (tertiary/aromatic N) is 2. The van der Waals surface area contributed by atoms with Crippen LogP contribution in [0.3, 0.4) is 0 Å². The molecular formula is C16H20ClN3. The highest BCUT2D eigenvalue weighted by molar-refractivity contribution is 6.31. The molecule has 0 saturated heterocycles. The van der Waals surface area contributed by atoms with Crippen molar-refractivity contribution in [2.24, 2.45) is 7.05 Å². The lowest BCUT2D eigenvalue weighted by Gasteiger charge is -2.32. The monoisotopic (exact) mass is 289 g/mol. The van der Waals surface area contributed by atoms with Crippen molar-refractivity contribution >= 4 is 11.6 Å². The van der Waals surface area contributed by atoms with Crippen molar-refractivity contribution in [3.05, 3.63) is 52.3 Å². The van der Waals surface area contributed by atoms with Crippen LogP contribution in [0.4, 0.5) is 0 Å². The van der Waals surface area contributed by atoms with E-state index in [1.807, 2.05) is 18.8 Å². The normalized spacial score (nSPS) is 19.6. The standard InChI is InChI=1S/C16H20ClN3/c1-18-15(16-14(17)10-19-20(16)2)13-9-5-7-11-6-3-4-8-12(11)13/h3-4,6,8,10,13,15,18H,5,7,9H2,1-2H3. The van der Waals surface area contributed by atoms with E-state index in [2.05, 4.69) is 34.7 Å². The van der Waals surface area contributed by atoms with Gasteiger partial charge in [-0.2, -0.15) is 5.10 Å². The molecule has 0 saturated carbocycles. The summed E-state index contributed by atoms with van der Waals surface area (Å²) in [6, 6.07) is 8.98. The van der Waals surface area contributed by atoms with Crippen LogP contribution in [0.15, 0.2) is 30.5 Å². The Morgan fingerprint density at radius 1 is 1.40 bits per heavy atom. The number of aryl methyl sites for hydroxylation is 2. The van der Waals surface area contributed by atoms with Gasteiger partial charge in [0.1, 0.15) is 0 Å². The number of nitrogens with one attached hydrogen (secondary N) is 1. The first-order valence-electron chi connectivity index (χ1n) is 7.15. The van der Waals surface area contributed by atoms with Crippen molar-refractivity contribution in [3.63, 3.8) is 0 Å². The Kier molecular flexibility index (Phi) is 3.81. The van der Waals surface area contributed by atoms with Gasteiger partial charge in [0.15, 0.2) is 0 Å². The van der Waals surface area contributed by atoms with E-state index in [0.29, 0.717) is 5.92 Å². The summed E-state index contributed by atoms with van der Waals surface area (Å²) in [5.74, 6) is 0.456. The highest BCUT2D eigenvalue weighted by Crippen LogP contribution is 2.41. The number of hydrogen-bond acceptors (Lipinski definition) is 2. The molecule has 4 heteroatoms. The van der Waals surface area contributed by atoms with Crippen LogP contribution in [0.25, 0.3) is 0 Å². The van der Waals surface area contributed by atoms with E-state index in [0.717, 1.165) is 10.7 Å². The molecule has 0 spiro atoms. The van der Waals surface area contributed by atoms with Gasteiger partial charge in [0.25, 0.3) is 0 Å². The van der Waals surface area contributed by atoms with Crippen molar-refractivity contribution in [2.45, 2.75) is 31.2 Å². The van der Waals surface area contributed by atoms with E-state index in [1.54, 1.807) is 6.20 Å². The molecule has 20 heavy (non-hydrogen) atoms. The molecular weight excluding hydrogens is 270 g/mol. The van der Waals surface area contributed by atoms with Gasteiger partial charge in [0.2, 0.25) is 0 Å². The minimum absolute atomic E-state index is 0.205. The molecule has 1 aromatic carbocycles. The van der Waals surface area contributed by atoms with Gasteiger partial charge in [-0.15, -0.1) is 0 Å². The fourth-order valence-corrected chi connectivity index (χ4v) is 3.72. The fourth-order valence-electron chi connectivity index (χ4n) is 3.44. The maximum atomic E-state index is 6.34. The third-order valence-corrected chi connectivity index (χ3v) is 4.65. The summed E-state index contributed by atoms with van der Waals surface area (Å²) in [5, 5.41) is 8.48. The van der Waals surface area contributed by atoms with E-state index >= 15 is 0 Å². The molecule has 0 fully saturated rings.